The normalized spacial score (nSPS) is 24.3. The zero-order valence-corrected chi connectivity index (χ0v) is 15.8. The maximum atomic E-state index is 12.8. The van der Waals surface area contributed by atoms with Gasteiger partial charge in [-0.2, -0.15) is 0 Å². The van der Waals surface area contributed by atoms with E-state index in [4.69, 9.17) is 16.3 Å². The number of hydrogen-bond acceptors (Lipinski definition) is 3. The maximum absolute atomic E-state index is 12.8. The van der Waals surface area contributed by atoms with Crippen LogP contribution in [0.2, 0.25) is 5.02 Å². The molecule has 0 unspecified atom stereocenters. The molecule has 1 aromatic carbocycles. The molecule has 134 valence electrons. The van der Waals surface area contributed by atoms with Gasteiger partial charge in [0, 0.05) is 24.6 Å². The average molecular weight is 354 g/mol. The zero-order valence-electron chi connectivity index (χ0n) is 15.0. The third kappa shape index (κ3) is 4.42. The molecule has 0 saturated carbocycles. The van der Waals surface area contributed by atoms with E-state index in [2.05, 4.69) is 13.8 Å². The molecule has 2 rings (SSSR count). The highest BCUT2D eigenvalue weighted by Gasteiger charge is 2.39. The number of benzene rings is 1. The molecule has 0 aromatic heterocycles. The molecule has 1 saturated heterocycles. The summed E-state index contributed by atoms with van der Waals surface area (Å²) < 4.78 is 5.42. The summed E-state index contributed by atoms with van der Waals surface area (Å²) in [6.07, 6.45) is 1.50. The highest BCUT2D eigenvalue weighted by atomic mass is 35.5. The molecular weight excluding hydrogens is 326 g/mol. The van der Waals surface area contributed by atoms with Gasteiger partial charge in [0.25, 0.3) is 5.91 Å². The number of piperidine rings is 1. The summed E-state index contributed by atoms with van der Waals surface area (Å²) in [7, 11) is 0. The fourth-order valence-corrected chi connectivity index (χ4v) is 3.53. The number of likely N-dealkylation sites (tertiary alicyclic amines) is 1. The van der Waals surface area contributed by atoms with E-state index < -0.39 is 5.60 Å². The Hall–Kier alpha value is -1.26. The first kappa shape index (κ1) is 19.1. The molecule has 24 heavy (non-hydrogen) atoms. The lowest BCUT2D eigenvalue weighted by Crippen LogP contribution is -2.52. The Morgan fingerprint density at radius 3 is 2.79 bits per heavy atom. The molecule has 1 N–H and O–H groups in total. The van der Waals surface area contributed by atoms with Gasteiger partial charge in [0.1, 0.15) is 5.75 Å². The van der Waals surface area contributed by atoms with E-state index in [0.717, 1.165) is 6.42 Å². The smallest absolute Gasteiger partial charge is 0.253 e. The van der Waals surface area contributed by atoms with Crippen LogP contribution in [-0.4, -0.2) is 41.2 Å². The number of carbonyl (C=O) groups is 1. The van der Waals surface area contributed by atoms with Crippen LogP contribution in [0.4, 0.5) is 0 Å². The molecular formula is C19H28ClNO3. The van der Waals surface area contributed by atoms with Crippen molar-refractivity contribution >= 4 is 17.5 Å². The molecule has 4 nitrogen and oxygen atoms in total. The minimum atomic E-state index is -0.711. The summed E-state index contributed by atoms with van der Waals surface area (Å²) in [5.41, 5.74) is -0.148. The van der Waals surface area contributed by atoms with Crippen molar-refractivity contribution in [3.8, 4) is 5.75 Å². The summed E-state index contributed by atoms with van der Waals surface area (Å²) in [6.45, 7) is 9.73. The van der Waals surface area contributed by atoms with Gasteiger partial charge in [-0.05, 0) is 50.8 Å². The number of aliphatic hydroxyl groups is 1. The van der Waals surface area contributed by atoms with E-state index >= 15 is 0 Å². The summed E-state index contributed by atoms with van der Waals surface area (Å²) in [6, 6.07) is 5.16. The van der Waals surface area contributed by atoms with Crippen LogP contribution in [-0.2, 0) is 0 Å². The number of halogens is 1. The lowest BCUT2D eigenvalue weighted by molar-refractivity contribution is -0.0577. The first-order chi connectivity index (χ1) is 11.2. The van der Waals surface area contributed by atoms with Crippen molar-refractivity contribution in [1.82, 2.24) is 4.90 Å². The molecule has 2 atom stereocenters. The largest absolute Gasteiger partial charge is 0.492 e. The van der Waals surface area contributed by atoms with Crippen molar-refractivity contribution in [2.45, 2.75) is 46.1 Å². The number of amides is 1. The maximum Gasteiger partial charge on any atom is 0.253 e. The second-order valence-electron chi connectivity index (χ2n) is 7.26. The van der Waals surface area contributed by atoms with Crippen molar-refractivity contribution in [3.63, 3.8) is 0 Å². The monoisotopic (exact) mass is 353 g/mol. The Labute approximate surface area is 149 Å². The molecule has 0 aliphatic carbocycles. The third-order valence-electron chi connectivity index (χ3n) is 4.73. The second kappa shape index (κ2) is 7.75. The van der Waals surface area contributed by atoms with Crippen LogP contribution in [0.1, 0.15) is 50.9 Å². The van der Waals surface area contributed by atoms with Gasteiger partial charge in [0.2, 0.25) is 0 Å². The molecule has 1 aliphatic rings. The predicted molar refractivity (Wildman–Crippen MR) is 96.7 cm³/mol. The summed E-state index contributed by atoms with van der Waals surface area (Å²) in [5.74, 6) is 1.13. The van der Waals surface area contributed by atoms with Crippen molar-refractivity contribution < 1.29 is 14.6 Å². The first-order valence-electron chi connectivity index (χ1n) is 8.68. The van der Waals surface area contributed by atoms with E-state index in [0.29, 0.717) is 48.4 Å². The van der Waals surface area contributed by atoms with Crippen LogP contribution in [0, 0.1) is 11.8 Å². The van der Waals surface area contributed by atoms with Crippen molar-refractivity contribution in [3.05, 3.63) is 28.8 Å². The van der Waals surface area contributed by atoms with E-state index in [9.17, 15) is 9.90 Å². The van der Waals surface area contributed by atoms with Gasteiger partial charge in [-0.3, -0.25) is 4.79 Å². The molecule has 1 fully saturated rings. The Morgan fingerprint density at radius 1 is 1.50 bits per heavy atom. The van der Waals surface area contributed by atoms with E-state index in [-0.39, 0.29) is 11.8 Å². The lowest BCUT2D eigenvalue weighted by Gasteiger charge is -2.43. The number of rotatable bonds is 5. The van der Waals surface area contributed by atoms with Gasteiger partial charge < -0.3 is 14.7 Å². The van der Waals surface area contributed by atoms with Gasteiger partial charge in [-0.15, -0.1) is 0 Å². The van der Waals surface area contributed by atoms with Crippen molar-refractivity contribution in [1.29, 1.82) is 0 Å². The summed E-state index contributed by atoms with van der Waals surface area (Å²) >= 11 is 6.20. The van der Waals surface area contributed by atoms with E-state index in [1.54, 1.807) is 18.2 Å². The van der Waals surface area contributed by atoms with E-state index in [1.807, 2.05) is 18.7 Å². The van der Waals surface area contributed by atoms with Crippen molar-refractivity contribution in [2.24, 2.45) is 11.8 Å². The molecule has 1 aromatic rings. The Bertz CT molecular complexity index is 586. The Balaban J connectivity index is 2.13. The topological polar surface area (TPSA) is 49.8 Å². The fourth-order valence-electron chi connectivity index (χ4n) is 3.29. The molecule has 1 aliphatic heterocycles. The molecule has 0 bridgehead atoms. The molecule has 0 spiro atoms. The highest BCUT2D eigenvalue weighted by molar-refractivity contribution is 6.32. The fraction of sp³-hybridized carbons (Fsp3) is 0.632. The second-order valence-corrected chi connectivity index (χ2v) is 7.67. The van der Waals surface area contributed by atoms with Crippen LogP contribution >= 0.6 is 11.6 Å². The number of carbonyl (C=O) groups excluding carboxylic acids is 1. The van der Waals surface area contributed by atoms with Crippen LogP contribution in [0.5, 0.6) is 5.75 Å². The third-order valence-corrected chi connectivity index (χ3v) is 5.03. The first-order valence-corrected chi connectivity index (χ1v) is 9.06. The molecule has 1 amide bonds. The van der Waals surface area contributed by atoms with Gasteiger partial charge in [0.15, 0.2) is 0 Å². The standard InChI is InChI=1S/C19H28ClNO3/c1-5-24-17-7-6-14(11-16(17)20)18(22)21-9-8-19(4,23)15(12-21)10-13(2)3/h6-7,11,13,15,23H,5,8-10,12H2,1-4H3/t15-,19+/m1/s1. The van der Waals surface area contributed by atoms with Gasteiger partial charge in [0.05, 0.1) is 17.2 Å². The average Bonchev–Trinajstić information content (AvgIpc) is 2.50. The van der Waals surface area contributed by atoms with E-state index in [1.165, 1.54) is 0 Å². The highest BCUT2D eigenvalue weighted by Crippen LogP contribution is 2.33. The summed E-state index contributed by atoms with van der Waals surface area (Å²) in [5, 5.41) is 11.1. The Kier molecular flexibility index (Phi) is 6.16. The molecule has 0 radical (unpaired) electrons. The molecule has 1 heterocycles. The quantitative estimate of drug-likeness (QED) is 0.870. The molecule has 5 heteroatoms. The van der Waals surface area contributed by atoms with Crippen LogP contribution in [0.3, 0.4) is 0 Å². The summed E-state index contributed by atoms with van der Waals surface area (Å²) in [4.78, 5) is 14.6. The SMILES string of the molecule is CCOc1ccc(C(=O)N2CC[C@](C)(O)[C@H](CC(C)C)C2)cc1Cl. The lowest BCUT2D eigenvalue weighted by atomic mass is 9.78. The van der Waals surface area contributed by atoms with Crippen LogP contribution in [0.25, 0.3) is 0 Å². The number of hydrogen-bond donors (Lipinski definition) is 1. The predicted octanol–water partition coefficient (Wildman–Crippen LogP) is 4.00. The minimum absolute atomic E-state index is 0.0378. The zero-order chi connectivity index (χ0) is 17.9. The van der Waals surface area contributed by atoms with Gasteiger partial charge >= 0.3 is 0 Å². The number of ether oxygens (including phenoxy) is 1. The van der Waals surface area contributed by atoms with Gasteiger partial charge in [-0.1, -0.05) is 25.4 Å². The van der Waals surface area contributed by atoms with Crippen LogP contribution in [0.15, 0.2) is 18.2 Å². The number of nitrogens with zero attached hydrogens (tertiary/aromatic N) is 1. The Morgan fingerprint density at radius 2 is 2.21 bits per heavy atom. The van der Waals surface area contributed by atoms with Crippen LogP contribution < -0.4 is 4.74 Å². The minimum Gasteiger partial charge on any atom is -0.492 e. The van der Waals surface area contributed by atoms with Gasteiger partial charge in [-0.25, -0.2) is 0 Å². The van der Waals surface area contributed by atoms with Crippen molar-refractivity contribution in [2.75, 3.05) is 19.7 Å².